The number of hydrogen-bond acceptors (Lipinski definition) is 6. The van der Waals surface area contributed by atoms with Gasteiger partial charge < -0.3 is 20.7 Å². The van der Waals surface area contributed by atoms with Crippen molar-refractivity contribution in [3.8, 4) is 0 Å². The normalized spacial score (nSPS) is 27.3. The summed E-state index contributed by atoms with van der Waals surface area (Å²) in [5.74, 6) is 0.235. The van der Waals surface area contributed by atoms with Crippen molar-refractivity contribution in [3.05, 3.63) is 29.5 Å². The van der Waals surface area contributed by atoms with Crippen LogP contribution in [-0.4, -0.2) is 49.7 Å². The van der Waals surface area contributed by atoms with Crippen LogP contribution >= 0.6 is 11.6 Å². The molecule has 7 nitrogen and oxygen atoms in total. The summed E-state index contributed by atoms with van der Waals surface area (Å²) in [5, 5.41) is 20.9. The first kappa shape index (κ1) is 15.5. The number of halogens is 2. The van der Waals surface area contributed by atoms with E-state index in [0.29, 0.717) is 27.0 Å². The lowest BCUT2D eigenvalue weighted by molar-refractivity contribution is -0.0442. The van der Waals surface area contributed by atoms with Crippen LogP contribution in [0.4, 0.5) is 10.2 Å². The molecule has 1 saturated heterocycles. The summed E-state index contributed by atoms with van der Waals surface area (Å²) >= 11 is 6.07. The van der Waals surface area contributed by atoms with Crippen LogP contribution in [0.2, 0.25) is 5.02 Å². The van der Waals surface area contributed by atoms with Gasteiger partial charge in [0.2, 0.25) is 0 Å². The van der Waals surface area contributed by atoms with Crippen molar-refractivity contribution in [1.29, 1.82) is 0 Å². The molecule has 1 aliphatic heterocycles. The number of aliphatic hydroxyl groups excluding tert-OH is 2. The molecule has 4 rings (SSSR count). The van der Waals surface area contributed by atoms with Gasteiger partial charge in [-0.2, -0.15) is 0 Å². The Morgan fingerprint density at radius 3 is 2.88 bits per heavy atom. The summed E-state index contributed by atoms with van der Waals surface area (Å²) < 4.78 is 21.6. The molecule has 4 N–H and O–H groups in total. The Balaban J connectivity index is 2.02. The second-order valence-corrected chi connectivity index (χ2v) is 6.11. The Hall–Kier alpha value is -2.00. The largest absolute Gasteiger partial charge is 0.394 e. The van der Waals surface area contributed by atoms with Crippen molar-refractivity contribution >= 4 is 39.4 Å². The van der Waals surface area contributed by atoms with Gasteiger partial charge in [-0.15, -0.1) is 0 Å². The maximum Gasteiger partial charge on any atom is 0.173 e. The van der Waals surface area contributed by atoms with Crippen LogP contribution in [-0.2, 0) is 4.74 Å². The number of nitrogens with two attached hydrogens (primary N) is 1. The highest BCUT2D eigenvalue weighted by atomic mass is 35.5. The van der Waals surface area contributed by atoms with Crippen molar-refractivity contribution in [2.75, 3.05) is 12.3 Å². The van der Waals surface area contributed by atoms with E-state index in [1.165, 1.54) is 10.9 Å². The van der Waals surface area contributed by atoms with Crippen molar-refractivity contribution in [1.82, 2.24) is 14.5 Å². The topological polar surface area (TPSA) is 106 Å². The highest BCUT2D eigenvalue weighted by Gasteiger charge is 2.46. The van der Waals surface area contributed by atoms with Gasteiger partial charge in [-0.25, -0.2) is 14.4 Å². The third-order valence-electron chi connectivity index (χ3n) is 4.30. The molecule has 0 spiro atoms. The molecule has 1 aliphatic rings. The second kappa shape index (κ2) is 5.52. The van der Waals surface area contributed by atoms with Crippen LogP contribution in [0.1, 0.15) is 6.23 Å². The zero-order valence-corrected chi connectivity index (χ0v) is 13.1. The number of anilines is 1. The maximum atomic E-state index is 14.6. The number of nitrogens with zero attached hydrogens (tertiary/aromatic N) is 3. The number of aromatic nitrogens is 3. The van der Waals surface area contributed by atoms with Gasteiger partial charge in [0.1, 0.15) is 30.0 Å². The summed E-state index contributed by atoms with van der Waals surface area (Å²) in [5.41, 5.74) is 6.94. The van der Waals surface area contributed by atoms with E-state index in [0.717, 1.165) is 0 Å². The molecule has 0 radical (unpaired) electrons. The fourth-order valence-corrected chi connectivity index (χ4v) is 3.36. The summed E-state index contributed by atoms with van der Waals surface area (Å²) in [6, 6.07) is 5.05. The lowest BCUT2D eigenvalue weighted by atomic mass is 10.1. The van der Waals surface area contributed by atoms with Gasteiger partial charge in [-0.3, -0.25) is 4.57 Å². The minimum Gasteiger partial charge on any atom is -0.394 e. The quantitative estimate of drug-likeness (QED) is 0.644. The summed E-state index contributed by atoms with van der Waals surface area (Å²) in [6.07, 6.45) is -4.04. The average molecular weight is 353 g/mol. The number of fused-ring (bicyclic) bond motifs is 3. The number of aliphatic hydroxyl groups is 2. The van der Waals surface area contributed by atoms with Gasteiger partial charge in [-0.05, 0) is 18.2 Å². The Bertz CT molecular complexity index is 934. The molecule has 9 heteroatoms. The number of hydrogen-bond donors (Lipinski definition) is 3. The van der Waals surface area contributed by atoms with Crippen molar-refractivity contribution in [2.45, 2.75) is 24.6 Å². The highest BCUT2D eigenvalue weighted by Crippen LogP contribution is 2.40. The molecule has 0 bridgehead atoms. The molecule has 2 aromatic heterocycles. The molecule has 0 aliphatic carbocycles. The number of alkyl halides is 1. The molecule has 0 amide bonds. The minimum atomic E-state index is -1.73. The predicted molar refractivity (Wildman–Crippen MR) is 86.4 cm³/mol. The second-order valence-electron chi connectivity index (χ2n) is 5.67. The zero-order chi connectivity index (χ0) is 17.0. The smallest absolute Gasteiger partial charge is 0.173 e. The first-order valence-corrected chi connectivity index (χ1v) is 7.68. The third kappa shape index (κ3) is 2.07. The van der Waals surface area contributed by atoms with Gasteiger partial charge in [0.05, 0.1) is 17.5 Å². The van der Waals surface area contributed by atoms with Crippen LogP contribution in [0.5, 0.6) is 0 Å². The van der Waals surface area contributed by atoms with Gasteiger partial charge >= 0.3 is 0 Å². The van der Waals surface area contributed by atoms with Crippen molar-refractivity contribution in [2.24, 2.45) is 0 Å². The predicted octanol–water partition coefficient (Wildman–Crippen LogP) is 1.41. The van der Waals surface area contributed by atoms with Crippen LogP contribution < -0.4 is 5.73 Å². The average Bonchev–Trinajstić information content (AvgIpc) is 3.03. The molecular formula is C15H14ClFN4O3. The standard InChI is InChI=1S/C15H14ClFN4O3/c16-6-1-2-8-7(3-6)10-13(18)19-5-20-14(10)21(8)15-11(17)12(23)9(4-22)24-15/h1-3,5,9,11-12,15,22-23H,4H2,(H2,18,19,20)/t9-,11-,12-,15-/m1/s1. The number of benzene rings is 1. The van der Waals surface area contributed by atoms with E-state index >= 15 is 0 Å². The zero-order valence-electron chi connectivity index (χ0n) is 12.3. The Morgan fingerprint density at radius 2 is 2.17 bits per heavy atom. The molecule has 1 fully saturated rings. The van der Waals surface area contributed by atoms with Crippen LogP contribution in [0.25, 0.3) is 21.9 Å². The van der Waals surface area contributed by atoms with Gasteiger partial charge in [0.15, 0.2) is 12.4 Å². The van der Waals surface area contributed by atoms with Gasteiger partial charge in [-0.1, -0.05) is 11.6 Å². The van der Waals surface area contributed by atoms with Gasteiger partial charge in [0, 0.05) is 10.4 Å². The summed E-state index contributed by atoms with van der Waals surface area (Å²) in [7, 11) is 0. The van der Waals surface area contributed by atoms with E-state index in [-0.39, 0.29) is 5.82 Å². The SMILES string of the molecule is Nc1ncnc2c1c1cc(Cl)ccc1n2[C@@H]1O[C@H](CO)[C@@H](O)[C@H]1F. The van der Waals surface area contributed by atoms with Gasteiger partial charge in [0.25, 0.3) is 0 Å². The fourth-order valence-electron chi connectivity index (χ4n) is 3.18. The minimum absolute atomic E-state index is 0.235. The molecule has 4 atom stereocenters. The van der Waals surface area contributed by atoms with E-state index in [9.17, 15) is 14.6 Å². The molecule has 0 saturated carbocycles. The molecule has 3 aromatic rings. The lowest BCUT2D eigenvalue weighted by Crippen LogP contribution is -2.30. The fraction of sp³-hybridized carbons (Fsp3) is 0.333. The summed E-state index contributed by atoms with van der Waals surface area (Å²) in [6.45, 7) is -0.488. The van der Waals surface area contributed by atoms with E-state index in [1.54, 1.807) is 18.2 Å². The Labute approximate surface area is 140 Å². The lowest BCUT2D eigenvalue weighted by Gasteiger charge is -2.17. The Morgan fingerprint density at radius 1 is 1.38 bits per heavy atom. The Kier molecular flexibility index (Phi) is 3.57. The van der Waals surface area contributed by atoms with E-state index in [4.69, 9.17) is 22.1 Å². The maximum absolute atomic E-state index is 14.6. The first-order chi connectivity index (χ1) is 11.5. The molecular weight excluding hydrogens is 339 g/mol. The number of rotatable bonds is 2. The molecule has 24 heavy (non-hydrogen) atoms. The number of ether oxygens (including phenoxy) is 1. The molecule has 1 aromatic carbocycles. The summed E-state index contributed by atoms with van der Waals surface area (Å²) in [4.78, 5) is 8.18. The van der Waals surface area contributed by atoms with Crippen LogP contribution in [0, 0.1) is 0 Å². The first-order valence-electron chi connectivity index (χ1n) is 7.31. The van der Waals surface area contributed by atoms with E-state index in [1.807, 2.05) is 0 Å². The van der Waals surface area contributed by atoms with Crippen molar-refractivity contribution < 1.29 is 19.3 Å². The van der Waals surface area contributed by atoms with Crippen molar-refractivity contribution in [3.63, 3.8) is 0 Å². The van der Waals surface area contributed by atoms with Crippen LogP contribution in [0.3, 0.4) is 0 Å². The van der Waals surface area contributed by atoms with E-state index < -0.39 is 31.2 Å². The molecule has 0 unspecified atom stereocenters. The highest BCUT2D eigenvalue weighted by molar-refractivity contribution is 6.32. The molecule has 3 heterocycles. The van der Waals surface area contributed by atoms with E-state index in [2.05, 4.69) is 9.97 Å². The number of nitrogen functional groups attached to an aromatic ring is 1. The monoisotopic (exact) mass is 352 g/mol. The third-order valence-corrected chi connectivity index (χ3v) is 4.54. The molecule has 126 valence electrons. The van der Waals surface area contributed by atoms with Crippen LogP contribution in [0.15, 0.2) is 24.5 Å².